The smallest absolute Gasteiger partial charge is 0.191 e. The maximum absolute atomic E-state index is 6.13. The first-order chi connectivity index (χ1) is 13.7. The third-order valence-electron chi connectivity index (χ3n) is 5.09. The summed E-state index contributed by atoms with van der Waals surface area (Å²) in [6.45, 7) is 8.00. The first-order valence-electron chi connectivity index (χ1n) is 10.5. The van der Waals surface area contributed by atoms with Crippen molar-refractivity contribution in [1.29, 1.82) is 0 Å². The summed E-state index contributed by atoms with van der Waals surface area (Å²) in [7, 11) is 0. The molecule has 3 rings (SSSR count). The second-order valence-electron chi connectivity index (χ2n) is 7.38. The van der Waals surface area contributed by atoms with Gasteiger partial charge in [-0.1, -0.05) is 17.7 Å². The first-order valence-corrected chi connectivity index (χ1v) is 10.9. The lowest BCUT2D eigenvalue weighted by Crippen LogP contribution is -2.44. The van der Waals surface area contributed by atoms with Crippen LogP contribution in [-0.2, 0) is 9.47 Å². The molecule has 1 aromatic rings. The van der Waals surface area contributed by atoms with Gasteiger partial charge < -0.3 is 25.0 Å². The van der Waals surface area contributed by atoms with Gasteiger partial charge in [0, 0.05) is 56.1 Å². The van der Waals surface area contributed by atoms with Gasteiger partial charge in [-0.3, -0.25) is 4.99 Å². The summed E-state index contributed by atoms with van der Waals surface area (Å²) < 4.78 is 11.3. The van der Waals surface area contributed by atoms with Gasteiger partial charge in [0.1, 0.15) is 0 Å². The van der Waals surface area contributed by atoms with Gasteiger partial charge in [-0.25, -0.2) is 0 Å². The predicted octanol–water partition coefficient (Wildman–Crippen LogP) is 3.68. The van der Waals surface area contributed by atoms with E-state index in [4.69, 9.17) is 26.1 Å². The second kappa shape index (κ2) is 13.5. The molecule has 2 saturated heterocycles. The summed E-state index contributed by atoms with van der Waals surface area (Å²) in [6, 6.07) is 8.44. The highest BCUT2D eigenvalue weighted by molar-refractivity contribution is 14.0. The normalized spacial score (nSPS) is 21.9. The summed E-state index contributed by atoms with van der Waals surface area (Å²) in [5.41, 5.74) is 1.18. The highest BCUT2D eigenvalue weighted by atomic mass is 127. The van der Waals surface area contributed by atoms with E-state index in [0.717, 1.165) is 76.1 Å². The first kappa shape index (κ1) is 24.5. The second-order valence-corrected chi connectivity index (χ2v) is 7.82. The largest absolute Gasteiger partial charge is 0.379 e. The Morgan fingerprint density at radius 3 is 3.03 bits per heavy atom. The van der Waals surface area contributed by atoms with Crippen LogP contribution in [0.2, 0.25) is 5.02 Å². The average Bonchev–Trinajstić information content (AvgIpc) is 3.37. The number of anilines is 1. The Morgan fingerprint density at radius 2 is 2.28 bits per heavy atom. The zero-order chi connectivity index (χ0) is 19.6. The standard InChI is InChI=1S/C21H33ClN4O2.HI/c1-2-23-21(24-10-5-12-27-16-20-8-4-13-28-20)25-18-9-11-26(15-18)19-7-3-6-17(22)14-19;/h3,6-7,14,18,20H,2,4-5,8-13,15-16H2,1H3,(H2,23,24,25);1H. The zero-order valence-electron chi connectivity index (χ0n) is 17.2. The molecule has 0 aromatic heterocycles. The number of benzene rings is 1. The van der Waals surface area contributed by atoms with Crippen molar-refractivity contribution in [3.05, 3.63) is 29.3 Å². The van der Waals surface area contributed by atoms with E-state index in [-0.39, 0.29) is 24.0 Å². The molecule has 0 radical (unpaired) electrons. The van der Waals surface area contributed by atoms with Gasteiger partial charge >= 0.3 is 0 Å². The Hall–Kier alpha value is -0.770. The molecule has 2 heterocycles. The van der Waals surface area contributed by atoms with Crippen LogP contribution in [0.4, 0.5) is 5.69 Å². The Kier molecular flexibility index (Phi) is 11.4. The van der Waals surface area contributed by atoms with Gasteiger partial charge in [-0.2, -0.15) is 0 Å². The molecule has 2 N–H and O–H groups in total. The van der Waals surface area contributed by atoms with Crippen molar-refractivity contribution in [2.45, 2.75) is 44.8 Å². The van der Waals surface area contributed by atoms with E-state index in [1.54, 1.807) is 0 Å². The van der Waals surface area contributed by atoms with E-state index in [2.05, 4.69) is 28.5 Å². The molecule has 6 nitrogen and oxygen atoms in total. The number of rotatable bonds is 9. The maximum atomic E-state index is 6.13. The average molecular weight is 537 g/mol. The molecule has 2 aliphatic heterocycles. The SMILES string of the molecule is CCNC(=NCCCOCC1CCCO1)NC1CCN(c2cccc(Cl)c2)C1.I. The van der Waals surface area contributed by atoms with E-state index < -0.39 is 0 Å². The van der Waals surface area contributed by atoms with E-state index in [1.807, 2.05) is 18.2 Å². The number of ether oxygens (including phenoxy) is 2. The molecule has 8 heteroatoms. The molecular weight excluding hydrogens is 503 g/mol. The van der Waals surface area contributed by atoms with Crippen LogP contribution in [0.25, 0.3) is 0 Å². The van der Waals surface area contributed by atoms with Gasteiger partial charge in [0.2, 0.25) is 0 Å². The minimum atomic E-state index is 0. The van der Waals surface area contributed by atoms with Crippen LogP contribution in [0.15, 0.2) is 29.3 Å². The maximum Gasteiger partial charge on any atom is 0.191 e. The highest BCUT2D eigenvalue weighted by Gasteiger charge is 2.23. The van der Waals surface area contributed by atoms with E-state index in [9.17, 15) is 0 Å². The van der Waals surface area contributed by atoms with Gasteiger partial charge in [-0.05, 0) is 50.8 Å². The van der Waals surface area contributed by atoms with Crippen LogP contribution in [0.5, 0.6) is 0 Å². The molecule has 164 valence electrons. The van der Waals surface area contributed by atoms with Crippen LogP contribution in [0.1, 0.15) is 32.6 Å². The van der Waals surface area contributed by atoms with E-state index in [1.165, 1.54) is 5.69 Å². The fourth-order valence-corrected chi connectivity index (χ4v) is 3.83. The van der Waals surface area contributed by atoms with Crippen LogP contribution < -0.4 is 15.5 Å². The van der Waals surface area contributed by atoms with Gasteiger partial charge in [0.05, 0.1) is 12.7 Å². The molecular formula is C21H34ClIN4O2. The highest BCUT2D eigenvalue weighted by Crippen LogP contribution is 2.23. The lowest BCUT2D eigenvalue weighted by molar-refractivity contribution is 0.0171. The molecule has 2 fully saturated rings. The van der Waals surface area contributed by atoms with Gasteiger partial charge in [-0.15, -0.1) is 24.0 Å². The van der Waals surface area contributed by atoms with Gasteiger partial charge in [0.15, 0.2) is 5.96 Å². The quantitative estimate of drug-likeness (QED) is 0.218. The Labute approximate surface area is 196 Å². The minimum absolute atomic E-state index is 0. The molecule has 2 aliphatic rings. The lowest BCUT2D eigenvalue weighted by atomic mass is 10.2. The number of hydrogen-bond acceptors (Lipinski definition) is 4. The van der Waals surface area contributed by atoms with Crippen molar-refractivity contribution in [2.75, 3.05) is 50.9 Å². The molecule has 0 saturated carbocycles. The molecule has 0 bridgehead atoms. The van der Waals surface area contributed by atoms with Crippen LogP contribution in [0, 0.1) is 0 Å². The fraction of sp³-hybridized carbons (Fsp3) is 0.667. The monoisotopic (exact) mass is 536 g/mol. The van der Waals surface area contributed by atoms with Crippen molar-refractivity contribution in [2.24, 2.45) is 4.99 Å². The van der Waals surface area contributed by atoms with Crippen molar-refractivity contribution in [1.82, 2.24) is 10.6 Å². The molecule has 2 atom stereocenters. The van der Waals surface area contributed by atoms with Crippen molar-refractivity contribution < 1.29 is 9.47 Å². The van der Waals surface area contributed by atoms with Gasteiger partial charge in [0.25, 0.3) is 0 Å². The zero-order valence-corrected chi connectivity index (χ0v) is 20.3. The van der Waals surface area contributed by atoms with E-state index in [0.29, 0.717) is 18.8 Å². The topological polar surface area (TPSA) is 58.1 Å². The number of guanidine groups is 1. The van der Waals surface area contributed by atoms with Crippen molar-refractivity contribution in [3.8, 4) is 0 Å². The van der Waals surface area contributed by atoms with Crippen LogP contribution >= 0.6 is 35.6 Å². The third kappa shape index (κ3) is 8.47. The fourth-order valence-electron chi connectivity index (χ4n) is 3.65. The van der Waals surface area contributed by atoms with E-state index >= 15 is 0 Å². The molecule has 29 heavy (non-hydrogen) atoms. The Balaban J connectivity index is 0.00000300. The summed E-state index contributed by atoms with van der Waals surface area (Å²) in [5, 5.41) is 7.70. The summed E-state index contributed by atoms with van der Waals surface area (Å²) in [6.07, 6.45) is 4.59. The third-order valence-corrected chi connectivity index (χ3v) is 5.33. The van der Waals surface area contributed by atoms with Crippen molar-refractivity contribution >= 4 is 47.2 Å². The van der Waals surface area contributed by atoms with Crippen LogP contribution in [0.3, 0.4) is 0 Å². The molecule has 2 unspecified atom stereocenters. The van der Waals surface area contributed by atoms with Crippen molar-refractivity contribution in [3.63, 3.8) is 0 Å². The van der Waals surface area contributed by atoms with Crippen LogP contribution in [-0.4, -0.2) is 64.1 Å². The molecule has 0 aliphatic carbocycles. The molecule has 0 spiro atoms. The molecule has 1 aromatic carbocycles. The lowest BCUT2D eigenvalue weighted by Gasteiger charge is -2.20. The number of nitrogens with one attached hydrogen (secondary N) is 2. The summed E-state index contributed by atoms with van der Waals surface area (Å²) >= 11 is 6.13. The number of hydrogen-bond donors (Lipinski definition) is 2. The Morgan fingerprint density at radius 1 is 1.38 bits per heavy atom. The number of aliphatic imine (C=N–C) groups is 1. The number of nitrogens with zero attached hydrogens (tertiary/aromatic N) is 2. The minimum Gasteiger partial charge on any atom is -0.379 e. The summed E-state index contributed by atoms with van der Waals surface area (Å²) in [4.78, 5) is 7.07. The summed E-state index contributed by atoms with van der Waals surface area (Å²) in [5.74, 6) is 0.888. The molecule has 0 amide bonds. The number of halogens is 2. The Bertz CT molecular complexity index is 628. The predicted molar refractivity (Wildman–Crippen MR) is 131 cm³/mol.